The van der Waals surface area contributed by atoms with Gasteiger partial charge in [0.05, 0.1) is 28.5 Å². The number of nitrogens with one attached hydrogen (secondary N) is 2. The predicted octanol–water partition coefficient (Wildman–Crippen LogP) is 3.98. The van der Waals surface area contributed by atoms with Crippen LogP contribution in [0.3, 0.4) is 0 Å². The number of benzene rings is 3. The monoisotopic (exact) mass is 502 g/mol. The average Bonchev–Trinajstić information content (AvgIpc) is 3.24. The second-order valence-electron chi connectivity index (χ2n) is 7.85. The highest BCUT2D eigenvalue weighted by molar-refractivity contribution is 8.00. The highest BCUT2D eigenvalue weighted by Gasteiger charge is 2.27. The summed E-state index contributed by atoms with van der Waals surface area (Å²) in [4.78, 5) is 49.8. The molecule has 0 bridgehead atoms. The van der Waals surface area contributed by atoms with Crippen LogP contribution >= 0.6 is 11.8 Å². The maximum Gasteiger partial charge on any atom is 0.336 e. The van der Waals surface area contributed by atoms with E-state index in [-0.39, 0.29) is 35.2 Å². The Balaban J connectivity index is 1.38. The van der Waals surface area contributed by atoms with E-state index in [2.05, 4.69) is 15.7 Å². The molecular weight excluding hydrogens is 480 g/mol. The lowest BCUT2D eigenvalue weighted by atomic mass is 10.1. The molecule has 0 saturated carbocycles. The van der Waals surface area contributed by atoms with Crippen LogP contribution in [-0.2, 0) is 9.59 Å². The third-order valence-corrected chi connectivity index (χ3v) is 6.31. The van der Waals surface area contributed by atoms with Crippen molar-refractivity contribution in [2.75, 3.05) is 10.3 Å². The van der Waals surface area contributed by atoms with Gasteiger partial charge in [0.15, 0.2) is 0 Å². The molecule has 0 aromatic heterocycles. The van der Waals surface area contributed by atoms with Crippen molar-refractivity contribution in [2.45, 2.75) is 23.5 Å². The summed E-state index contributed by atoms with van der Waals surface area (Å²) >= 11 is 1.27. The number of carbonyl (C=O) groups is 4. The molecule has 9 nitrogen and oxygen atoms in total. The first-order valence-corrected chi connectivity index (χ1v) is 11.9. The molecule has 0 aliphatic carbocycles. The van der Waals surface area contributed by atoms with E-state index in [0.29, 0.717) is 11.4 Å². The van der Waals surface area contributed by atoms with Crippen LogP contribution in [0.1, 0.15) is 34.1 Å². The number of para-hydroxylation sites is 1. The Labute approximate surface area is 211 Å². The van der Waals surface area contributed by atoms with Gasteiger partial charge in [-0.15, -0.1) is 11.8 Å². The first-order chi connectivity index (χ1) is 17.3. The summed E-state index contributed by atoms with van der Waals surface area (Å²) in [5.74, 6) is -2.01. The zero-order valence-corrected chi connectivity index (χ0v) is 20.0. The predicted molar refractivity (Wildman–Crippen MR) is 137 cm³/mol. The standard InChI is InChI=1S/C26H22N4O5S/c1-16(24(32)28-22-15-23(31)30(29-22)18-9-3-2-4-10-18)36-19-11-7-8-17(14-19)27-25(33)20-12-5-6-13-21(20)26(34)35/h2-14,16H,15H2,1H3,(H,27,33)(H,34,35)(H,28,29,32). The molecule has 3 aromatic carbocycles. The van der Waals surface area contributed by atoms with Gasteiger partial charge in [-0.3, -0.25) is 14.4 Å². The van der Waals surface area contributed by atoms with Crippen LogP contribution in [0, 0.1) is 0 Å². The van der Waals surface area contributed by atoms with Crippen LogP contribution < -0.4 is 15.6 Å². The number of thioether (sulfide) groups is 1. The Bertz CT molecular complexity index is 1360. The minimum atomic E-state index is -1.19. The molecule has 10 heteroatoms. The van der Waals surface area contributed by atoms with E-state index in [1.54, 1.807) is 67.6 Å². The second-order valence-corrected chi connectivity index (χ2v) is 9.26. The summed E-state index contributed by atoms with van der Waals surface area (Å²) in [7, 11) is 0. The third kappa shape index (κ3) is 5.78. The Morgan fingerprint density at radius 2 is 1.64 bits per heavy atom. The van der Waals surface area contributed by atoms with Gasteiger partial charge < -0.3 is 15.7 Å². The summed E-state index contributed by atoms with van der Waals surface area (Å²) in [6.07, 6.45) is -0.00262. The molecule has 0 spiro atoms. The smallest absolute Gasteiger partial charge is 0.336 e. The number of hydrogen-bond donors (Lipinski definition) is 3. The molecule has 1 aliphatic rings. The Morgan fingerprint density at radius 3 is 2.36 bits per heavy atom. The van der Waals surface area contributed by atoms with Gasteiger partial charge >= 0.3 is 5.97 Å². The van der Waals surface area contributed by atoms with Crippen molar-refractivity contribution in [3.63, 3.8) is 0 Å². The highest BCUT2D eigenvalue weighted by Crippen LogP contribution is 2.27. The third-order valence-electron chi connectivity index (χ3n) is 5.22. The summed E-state index contributed by atoms with van der Waals surface area (Å²) < 4.78 is 0. The number of amidine groups is 1. The number of nitrogens with zero attached hydrogens (tertiary/aromatic N) is 2. The molecule has 3 amide bonds. The van der Waals surface area contributed by atoms with E-state index in [0.717, 1.165) is 4.90 Å². The van der Waals surface area contributed by atoms with Gasteiger partial charge in [0.25, 0.3) is 11.8 Å². The fourth-order valence-corrected chi connectivity index (χ4v) is 4.41. The minimum absolute atomic E-state index is 0.00262. The van der Waals surface area contributed by atoms with Crippen LogP contribution in [0.2, 0.25) is 0 Å². The number of hydrogen-bond acceptors (Lipinski definition) is 6. The maximum atomic E-state index is 12.7. The van der Waals surface area contributed by atoms with Crippen molar-refractivity contribution in [3.05, 3.63) is 90.0 Å². The topological polar surface area (TPSA) is 128 Å². The fraction of sp³-hybridized carbons (Fsp3) is 0.115. The lowest BCUT2D eigenvalue weighted by molar-refractivity contribution is -0.118. The molecular formula is C26H22N4O5S. The van der Waals surface area contributed by atoms with Crippen molar-refractivity contribution in [1.29, 1.82) is 0 Å². The van der Waals surface area contributed by atoms with E-state index < -0.39 is 17.1 Å². The van der Waals surface area contributed by atoms with E-state index in [1.807, 2.05) is 6.07 Å². The first kappa shape index (κ1) is 24.7. The summed E-state index contributed by atoms with van der Waals surface area (Å²) in [5, 5.41) is 19.7. The van der Waals surface area contributed by atoms with E-state index in [4.69, 9.17) is 0 Å². The lowest BCUT2D eigenvalue weighted by Gasteiger charge is -2.13. The summed E-state index contributed by atoms with van der Waals surface area (Å²) in [5.41, 5.74) is 1.04. The van der Waals surface area contributed by atoms with E-state index in [9.17, 15) is 24.3 Å². The molecule has 0 saturated heterocycles. The number of rotatable bonds is 7. The second kappa shape index (κ2) is 10.9. The van der Waals surface area contributed by atoms with Crippen LogP contribution in [0.4, 0.5) is 11.4 Å². The molecule has 1 atom stereocenters. The molecule has 3 N–H and O–H groups in total. The summed E-state index contributed by atoms with van der Waals surface area (Å²) in [6.45, 7) is 1.72. The zero-order chi connectivity index (χ0) is 25.7. The number of carboxylic acids is 1. The first-order valence-electron chi connectivity index (χ1n) is 11.0. The summed E-state index contributed by atoms with van der Waals surface area (Å²) in [6, 6.07) is 21.8. The Hall–Kier alpha value is -4.44. The average molecular weight is 503 g/mol. The number of hydrazone groups is 1. The van der Waals surface area contributed by atoms with Gasteiger partial charge in [0.2, 0.25) is 5.91 Å². The lowest BCUT2D eigenvalue weighted by Crippen LogP contribution is -2.35. The van der Waals surface area contributed by atoms with Crippen molar-refractivity contribution in [3.8, 4) is 0 Å². The van der Waals surface area contributed by atoms with Gasteiger partial charge in [0, 0.05) is 10.6 Å². The molecule has 1 aliphatic heterocycles. The highest BCUT2D eigenvalue weighted by atomic mass is 32.2. The molecule has 3 aromatic rings. The number of anilines is 2. The van der Waals surface area contributed by atoms with Crippen molar-refractivity contribution < 1.29 is 24.3 Å². The number of aromatic carboxylic acids is 1. The van der Waals surface area contributed by atoms with E-state index in [1.165, 1.54) is 28.9 Å². The molecule has 1 heterocycles. The van der Waals surface area contributed by atoms with Crippen LogP contribution in [-0.4, -0.2) is 39.9 Å². The van der Waals surface area contributed by atoms with Gasteiger partial charge in [0.1, 0.15) is 5.84 Å². The molecule has 0 radical (unpaired) electrons. The maximum absolute atomic E-state index is 12.7. The molecule has 0 fully saturated rings. The number of amides is 3. The number of carbonyl (C=O) groups excluding carboxylic acids is 3. The largest absolute Gasteiger partial charge is 0.478 e. The van der Waals surface area contributed by atoms with E-state index >= 15 is 0 Å². The molecule has 1 unspecified atom stereocenters. The van der Waals surface area contributed by atoms with Crippen LogP contribution in [0.5, 0.6) is 0 Å². The zero-order valence-electron chi connectivity index (χ0n) is 19.2. The van der Waals surface area contributed by atoms with Gasteiger partial charge in [-0.2, -0.15) is 10.1 Å². The van der Waals surface area contributed by atoms with Gasteiger partial charge in [-0.25, -0.2) is 4.79 Å². The van der Waals surface area contributed by atoms with Crippen LogP contribution in [0.15, 0.2) is 88.9 Å². The normalized spacial score (nSPS) is 13.6. The SMILES string of the molecule is CC(Sc1cccc(NC(=O)c2ccccc2C(=O)O)c1)C(=O)NC1=NN(c2ccccc2)C(=O)C1. The quantitative estimate of drug-likeness (QED) is 0.419. The molecule has 4 rings (SSSR count). The molecule has 36 heavy (non-hydrogen) atoms. The Kier molecular flexibility index (Phi) is 7.45. The Morgan fingerprint density at radius 1 is 0.944 bits per heavy atom. The molecule has 182 valence electrons. The fourth-order valence-electron chi connectivity index (χ4n) is 3.48. The van der Waals surface area contributed by atoms with Crippen LogP contribution in [0.25, 0.3) is 0 Å². The van der Waals surface area contributed by atoms with Crippen molar-refractivity contribution in [2.24, 2.45) is 5.10 Å². The van der Waals surface area contributed by atoms with Crippen molar-refractivity contribution in [1.82, 2.24) is 5.32 Å². The number of carboxylic acid groups (broad SMARTS) is 1. The minimum Gasteiger partial charge on any atom is -0.478 e. The van der Waals surface area contributed by atoms with Gasteiger partial charge in [-0.1, -0.05) is 36.4 Å². The van der Waals surface area contributed by atoms with Crippen molar-refractivity contribution >= 4 is 52.7 Å². The van der Waals surface area contributed by atoms with Gasteiger partial charge in [-0.05, 0) is 49.4 Å².